The number of rotatable bonds is 6. The van der Waals surface area contributed by atoms with Crippen molar-refractivity contribution in [2.24, 2.45) is 0 Å². The van der Waals surface area contributed by atoms with Gasteiger partial charge in [-0.1, -0.05) is 65.8 Å². The van der Waals surface area contributed by atoms with Gasteiger partial charge >= 0.3 is 0 Å². The van der Waals surface area contributed by atoms with E-state index in [4.69, 9.17) is 16.3 Å². The number of para-hydroxylation sites is 1. The summed E-state index contributed by atoms with van der Waals surface area (Å²) in [6.45, 7) is 0. The van der Waals surface area contributed by atoms with Gasteiger partial charge < -0.3 is 10.1 Å². The molecule has 3 aromatic carbocycles. The molecule has 0 aliphatic heterocycles. The fourth-order valence-electron chi connectivity index (χ4n) is 2.86. The van der Waals surface area contributed by atoms with Crippen LogP contribution in [0.5, 0.6) is 5.75 Å². The molecule has 146 valence electrons. The van der Waals surface area contributed by atoms with Crippen LogP contribution in [-0.4, -0.2) is 18.0 Å². The van der Waals surface area contributed by atoms with Crippen molar-refractivity contribution in [3.8, 4) is 5.75 Å². The summed E-state index contributed by atoms with van der Waals surface area (Å²) >= 11 is 9.22. The number of hydrogen-bond acceptors (Lipinski definition) is 5. The van der Waals surface area contributed by atoms with E-state index in [0.717, 1.165) is 20.1 Å². The topological polar surface area (TPSA) is 51.2 Å². The van der Waals surface area contributed by atoms with E-state index in [9.17, 15) is 4.79 Å². The molecule has 0 saturated heterocycles. The molecule has 29 heavy (non-hydrogen) atoms. The summed E-state index contributed by atoms with van der Waals surface area (Å²) in [6, 6.07) is 22.8. The van der Waals surface area contributed by atoms with Crippen molar-refractivity contribution < 1.29 is 9.53 Å². The fourth-order valence-corrected chi connectivity index (χ4v) is 5.37. The van der Waals surface area contributed by atoms with Crippen LogP contribution in [0, 0.1) is 0 Å². The molecular weight excluding hydrogens is 424 g/mol. The van der Waals surface area contributed by atoms with Crippen LogP contribution in [-0.2, 0) is 4.79 Å². The van der Waals surface area contributed by atoms with Crippen LogP contribution in [0.2, 0.25) is 5.02 Å². The van der Waals surface area contributed by atoms with E-state index in [1.54, 1.807) is 36.6 Å². The Morgan fingerprint density at radius 1 is 1.10 bits per heavy atom. The van der Waals surface area contributed by atoms with E-state index in [-0.39, 0.29) is 5.91 Å². The highest BCUT2D eigenvalue weighted by atomic mass is 35.5. The smallest absolute Gasteiger partial charge is 0.242 e. The molecule has 1 N–H and O–H groups in total. The first-order valence-electron chi connectivity index (χ1n) is 8.85. The van der Waals surface area contributed by atoms with Gasteiger partial charge in [-0.2, -0.15) is 0 Å². The van der Waals surface area contributed by atoms with Crippen LogP contribution in [0.4, 0.5) is 5.69 Å². The number of thiazole rings is 1. The second kappa shape index (κ2) is 8.86. The lowest BCUT2D eigenvalue weighted by Crippen LogP contribution is -2.19. The summed E-state index contributed by atoms with van der Waals surface area (Å²) < 4.78 is 7.12. The van der Waals surface area contributed by atoms with Crippen LogP contribution >= 0.6 is 34.7 Å². The Morgan fingerprint density at radius 3 is 2.59 bits per heavy atom. The molecule has 0 fully saturated rings. The van der Waals surface area contributed by atoms with Gasteiger partial charge in [0, 0.05) is 5.69 Å². The van der Waals surface area contributed by atoms with Crippen molar-refractivity contribution in [3.63, 3.8) is 0 Å². The Balaban J connectivity index is 1.61. The zero-order valence-electron chi connectivity index (χ0n) is 15.5. The highest BCUT2D eigenvalue weighted by Crippen LogP contribution is 2.40. The van der Waals surface area contributed by atoms with Gasteiger partial charge in [0.25, 0.3) is 0 Å². The molecule has 0 aliphatic rings. The molecule has 0 bridgehead atoms. The molecule has 4 aromatic rings. The van der Waals surface area contributed by atoms with E-state index < -0.39 is 5.25 Å². The molecule has 4 nitrogen and oxygen atoms in total. The minimum absolute atomic E-state index is 0.137. The van der Waals surface area contributed by atoms with Crippen molar-refractivity contribution in [1.29, 1.82) is 0 Å². The number of carbonyl (C=O) groups excluding carboxylic acids is 1. The number of nitrogens with one attached hydrogen (secondary N) is 1. The maximum absolute atomic E-state index is 13.2. The summed E-state index contributed by atoms with van der Waals surface area (Å²) in [7, 11) is 1.56. The number of ether oxygens (including phenoxy) is 1. The third-order valence-corrected chi connectivity index (χ3v) is 6.93. The molecule has 0 radical (unpaired) electrons. The van der Waals surface area contributed by atoms with E-state index in [1.165, 1.54) is 11.8 Å². The summed E-state index contributed by atoms with van der Waals surface area (Å²) in [5.41, 5.74) is 2.47. The zero-order valence-corrected chi connectivity index (χ0v) is 17.9. The molecule has 1 atom stereocenters. The van der Waals surface area contributed by atoms with E-state index in [1.807, 2.05) is 54.6 Å². The van der Waals surface area contributed by atoms with Crippen LogP contribution in [0.15, 0.2) is 77.1 Å². The predicted octanol–water partition coefficient (Wildman–Crippen LogP) is 6.43. The lowest BCUT2D eigenvalue weighted by atomic mass is 10.1. The van der Waals surface area contributed by atoms with Crippen LogP contribution in [0.25, 0.3) is 10.2 Å². The van der Waals surface area contributed by atoms with Gasteiger partial charge in [-0.15, -0.1) is 11.3 Å². The third kappa shape index (κ3) is 4.56. The lowest BCUT2D eigenvalue weighted by molar-refractivity contribution is -0.115. The van der Waals surface area contributed by atoms with E-state index in [0.29, 0.717) is 16.5 Å². The van der Waals surface area contributed by atoms with Crippen molar-refractivity contribution in [2.45, 2.75) is 9.59 Å². The summed E-state index contributed by atoms with van der Waals surface area (Å²) in [4.78, 5) is 17.8. The summed E-state index contributed by atoms with van der Waals surface area (Å²) in [5.74, 6) is 0.426. The predicted molar refractivity (Wildman–Crippen MR) is 121 cm³/mol. The van der Waals surface area contributed by atoms with E-state index in [2.05, 4.69) is 10.3 Å². The highest BCUT2D eigenvalue weighted by Gasteiger charge is 2.24. The maximum atomic E-state index is 13.2. The van der Waals surface area contributed by atoms with Gasteiger partial charge in [0.2, 0.25) is 5.91 Å². The number of fused-ring (bicyclic) bond motifs is 1. The molecule has 7 heteroatoms. The normalized spacial score (nSPS) is 11.9. The number of aromatic nitrogens is 1. The molecule has 1 amide bonds. The SMILES string of the molecule is COc1ccc(NC(=O)C(Sc2nc3ccccc3s2)c2ccccc2)cc1Cl. The minimum atomic E-state index is -0.447. The second-order valence-corrected chi connectivity index (χ2v) is 8.98. The number of carbonyl (C=O) groups is 1. The zero-order chi connectivity index (χ0) is 20.2. The number of methoxy groups -OCH3 is 1. The van der Waals surface area contributed by atoms with Gasteiger partial charge in [-0.05, 0) is 35.9 Å². The Bertz CT molecular complexity index is 1110. The minimum Gasteiger partial charge on any atom is -0.495 e. The molecule has 4 rings (SSSR count). The number of thioether (sulfide) groups is 1. The molecule has 0 spiro atoms. The Hall–Kier alpha value is -2.54. The summed E-state index contributed by atoms with van der Waals surface area (Å²) in [5, 5.41) is 2.96. The van der Waals surface area contributed by atoms with Crippen LogP contribution in [0.3, 0.4) is 0 Å². The summed E-state index contributed by atoms with van der Waals surface area (Å²) in [6.07, 6.45) is 0. The first kappa shape index (κ1) is 19.8. The number of benzene rings is 3. The van der Waals surface area contributed by atoms with Gasteiger partial charge in [0.1, 0.15) is 11.0 Å². The van der Waals surface area contributed by atoms with Crippen molar-refractivity contribution in [3.05, 3.63) is 83.4 Å². The largest absolute Gasteiger partial charge is 0.495 e. The van der Waals surface area contributed by atoms with Gasteiger partial charge in [0.05, 0.1) is 22.3 Å². The molecule has 1 heterocycles. The quantitative estimate of drug-likeness (QED) is 0.351. The van der Waals surface area contributed by atoms with Crippen molar-refractivity contribution in [1.82, 2.24) is 4.98 Å². The highest BCUT2D eigenvalue weighted by molar-refractivity contribution is 8.02. The molecule has 0 saturated carbocycles. The average molecular weight is 441 g/mol. The monoisotopic (exact) mass is 440 g/mol. The van der Waals surface area contributed by atoms with Crippen molar-refractivity contribution >= 4 is 56.5 Å². The van der Waals surface area contributed by atoms with Gasteiger partial charge in [0.15, 0.2) is 4.34 Å². The molecule has 0 aliphatic carbocycles. The first-order chi connectivity index (χ1) is 14.1. The number of anilines is 1. The number of hydrogen-bond donors (Lipinski definition) is 1. The Morgan fingerprint density at radius 2 is 1.86 bits per heavy atom. The third-order valence-electron chi connectivity index (χ3n) is 4.25. The average Bonchev–Trinajstić information content (AvgIpc) is 3.15. The van der Waals surface area contributed by atoms with Gasteiger partial charge in [-0.25, -0.2) is 4.98 Å². The number of halogens is 1. The number of nitrogens with zero attached hydrogens (tertiary/aromatic N) is 1. The van der Waals surface area contributed by atoms with Crippen LogP contribution in [0.1, 0.15) is 10.8 Å². The first-order valence-corrected chi connectivity index (χ1v) is 10.9. The molecular formula is C22H17ClN2O2S2. The second-order valence-electron chi connectivity index (χ2n) is 6.19. The molecule has 1 aromatic heterocycles. The fraction of sp³-hybridized carbons (Fsp3) is 0.0909. The standard InChI is InChI=1S/C22H17ClN2O2S2/c1-27-18-12-11-15(13-16(18)23)24-21(26)20(14-7-3-2-4-8-14)29-22-25-17-9-5-6-10-19(17)28-22/h2-13,20H,1H3,(H,24,26). The van der Waals surface area contributed by atoms with Gasteiger partial charge in [-0.3, -0.25) is 4.79 Å². The van der Waals surface area contributed by atoms with Crippen molar-refractivity contribution in [2.75, 3.05) is 12.4 Å². The van der Waals surface area contributed by atoms with Crippen LogP contribution < -0.4 is 10.1 Å². The Labute approximate surface area is 181 Å². The lowest BCUT2D eigenvalue weighted by Gasteiger charge is -2.16. The molecule has 1 unspecified atom stereocenters. The number of amides is 1. The maximum Gasteiger partial charge on any atom is 0.242 e. The Kier molecular flexibility index (Phi) is 6.04. The van der Waals surface area contributed by atoms with E-state index >= 15 is 0 Å².